The van der Waals surface area contributed by atoms with Crippen molar-refractivity contribution >= 4 is 22.9 Å². The van der Waals surface area contributed by atoms with E-state index in [1.165, 1.54) is 17.7 Å². The van der Waals surface area contributed by atoms with Crippen molar-refractivity contribution in [1.82, 2.24) is 5.43 Å². The van der Waals surface area contributed by atoms with Gasteiger partial charge in [0.15, 0.2) is 5.84 Å². The summed E-state index contributed by atoms with van der Waals surface area (Å²) >= 11 is 0. The molecule has 0 fully saturated rings. The molecule has 138 valence electrons. The second kappa shape index (κ2) is 7.44. The molecule has 1 aliphatic rings. The lowest BCUT2D eigenvalue weighted by molar-refractivity contribution is -0.384. The van der Waals surface area contributed by atoms with Gasteiger partial charge in [-0.3, -0.25) is 15.5 Å². The molecular weight excluding hydrogens is 352 g/mol. The Bertz CT molecular complexity index is 1090. The minimum absolute atomic E-state index is 0.0506. The normalized spacial score (nSPS) is 12.9. The van der Waals surface area contributed by atoms with Gasteiger partial charge in [-0.05, 0) is 36.2 Å². The molecule has 0 radical (unpaired) electrons. The molecule has 0 aromatic heterocycles. The molecule has 0 spiro atoms. The summed E-state index contributed by atoms with van der Waals surface area (Å²) in [6, 6.07) is 22.3. The predicted octanol–water partition coefficient (Wildman–Crippen LogP) is 4.59. The molecule has 0 atom stereocenters. The van der Waals surface area contributed by atoms with Crippen molar-refractivity contribution in [2.24, 2.45) is 10.1 Å². The van der Waals surface area contributed by atoms with Gasteiger partial charge in [-0.2, -0.15) is 5.10 Å². The number of aliphatic imine (C=N–C) groups is 1. The van der Waals surface area contributed by atoms with Crippen LogP contribution in [0, 0.1) is 10.1 Å². The Morgan fingerprint density at radius 3 is 2.39 bits per heavy atom. The highest BCUT2D eigenvalue weighted by Gasteiger charge is 2.18. The van der Waals surface area contributed by atoms with E-state index in [4.69, 9.17) is 4.99 Å². The standard InChI is InChI=1S/C22H18N4O2/c1-2-15-8-13-20-19(14-15)21(16-9-11-18(12-10-16)26(27)28)24-25-22(23-20)17-6-4-3-5-7-17/h3-14H,2H2,1H3,(H,23,25). The van der Waals surface area contributed by atoms with E-state index in [-0.39, 0.29) is 5.69 Å². The minimum atomic E-state index is -0.406. The summed E-state index contributed by atoms with van der Waals surface area (Å²) in [5, 5.41) is 15.6. The van der Waals surface area contributed by atoms with Crippen molar-refractivity contribution in [2.75, 3.05) is 0 Å². The van der Waals surface area contributed by atoms with Crippen LogP contribution in [0.1, 0.15) is 29.2 Å². The Morgan fingerprint density at radius 1 is 0.964 bits per heavy atom. The van der Waals surface area contributed by atoms with Crippen molar-refractivity contribution in [2.45, 2.75) is 13.3 Å². The largest absolute Gasteiger partial charge is 0.269 e. The van der Waals surface area contributed by atoms with Crippen LogP contribution in [-0.4, -0.2) is 16.5 Å². The van der Waals surface area contributed by atoms with Gasteiger partial charge in [-0.25, -0.2) is 4.99 Å². The number of rotatable bonds is 4. The maximum Gasteiger partial charge on any atom is 0.269 e. The molecular formula is C22H18N4O2. The molecule has 0 bridgehead atoms. The molecule has 0 unspecified atom stereocenters. The zero-order chi connectivity index (χ0) is 19.5. The van der Waals surface area contributed by atoms with Crippen LogP contribution in [-0.2, 0) is 6.42 Å². The number of nitrogens with one attached hydrogen (secondary N) is 1. The van der Waals surface area contributed by atoms with Crippen molar-refractivity contribution in [3.63, 3.8) is 0 Å². The number of fused-ring (bicyclic) bond motifs is 1. The molecule has 0 aliphatic carbocycles. The van der Waals surface area contributed by atoms with Crippen LogP contribution in [0.5, 0.6) is 0 Å². The first-order valence-electron chi connectivity index (χ1n) is 9.01. The van der Waals surface area contributed by atoms with Gasteiger partial charge in [0.1, 0.15) is 0 Å². The second-order valence-corrected chi connectivity index (χ2v) is 6.41. The molecule has 1 aliphatic heterocycles. The van der Waals surface area contributed by atoms with E-state index in [0.717, 1.165) is 28.8 Å². The van der Waals surface area contributed by atoms with Crippen LogP contribution in [0.15, 0.2) is 82.9 Å². The third-order valence-electron chi connectivity index (χ3n) is 4.63. The predicted molar refractivity (Wildman–Crippen MR) is 110 cm³/mol. The fourth-order valence-electron chi connectivity index (χ4n) is 3.09. The zero-order valence-corrected chi connectivity index (χ0v) is 15.3. The number of aryl methyl sites for hydroxylation is 1. The first kappa shape index (κ1) is 17.6. The third-order valence-corrected chi connectivity index (χ3v) is 4.63. The number of hydrogen-bond acceptors (Lipinski definition) is 5. The number of hydrazone groups is 1. The summed E-state index contributed by atoms with van der Waals surface area (Å²) in [6.07, 6.45) is 0.892. The average Bonchev–Trinajstić information content (AvgIpc) is 2.93. The van der Waals surface area contributed by atoms with Gasteiger partial charge in [0, 0.05) is 28.8 Å². The van der Waals surface area contributed by atoms with E-state index in [0.29, 0.717) is 11.5 Å². The van der Waals surface area contributed by atoms with Crippen LogP contribution in [0.4, 0.5) is 11.4 Å². The lowest BCUT2D eigenvalue weighted by atomic mass is 9.98. The third kappa shape index (κ3) is 3.40. The summed E-state index contributed by atoms with van der Waals surface area (Å²) in [7, 11) is 0. The summed E-state index contributed by atoms with van der Waals surface area (Å²) in [5.41, 5.74) is 8.42. The molecule has 6 nitrogen and oxygen atoms in total. The smallest absolute Gasteiger partial charge is 0.260 e. The summed E-state index contributed by atoms with van der Waals surface area (Å²) in [4.78, 5) is 15.4. The lowest BCUT2D eigenvalue weighted by Gasteiger charge is -2.09. The van der Waals surface area contributed by atoms with Crippen LogP contribution < -0.4 is 5.43 Å². The van der Waals surface area contributed by atoms with E-state index < -0.39 is 4.92 Å². The Labute approximate surface area is 162 Å². The van der Waals surface area contributed by atoms with E-state index in [1.54, 1.807) is 12.1 Å². The van der Waals surface area contributed by atoms with Gasteiger partial charge in [-0.1, -0.05) is 43.3 Å². The Morgan fingerprint density at radius 2 is 1.71 bits per heavy atom. The number of nitro groups is 1. The molecule has 28 heavy (non-hydrogen) atoms. The highest BCUT2D eigenvalue weighted by molar-refractivity contribution is 6.18. The number of non-ortho nitro benzene ring substituents is 1. The number of nitrogens with zero attached hydrogens (tertiary/aromatic N) is 3. The Balaban J connectivity index is 1.84. The molecule has 1 heterocycles. The highest BCUT2D eigenvalue weighted by atomic mass is 16.6. The average molecular weight is 370 g/mol. The molecule has 4 rings (SSSR count). The topological polar surface area (TPSA) is 79.9 Å². The quantitative estimate of drug-likeness (QED) is 0.539. The van der Waals surface area contributed by atoms with Crippen LogP contribution in [0.25, 0.3) is 0 Å². The zero-order valence-electron chi connectivity index (χ0n) is 15.3. The molecule has 0 saturated heterocycles. The van der Waals surface area contributed by atoms with Crippen LogP contribution in [0.2, 0.25) is 0 Å². The maximum absolute atomic E-state index is 11.0. The van der Waals surface area contributed by atoms with Crippen molar-refractivity contribution in [1.29, 1.82) is 0 Å². The fourth-order valence-corrected chi connectivity index (χ4v) is 3.09. The van der Waals surface area contributed by atoms with Crippen LogP contribution >= 0.6 is 0 Å². The van der Waals surface area contributed by atoms with Gasteiger partial charge in [0.2, 0.25) is 0 Å². The summed E-state index contributed by atoms with van der Waals surface area (Å²) in [6.45, 7) is 2.10. The number of amidine groups is 1. The van der Waals surface area contributed by atoms with Crippen molar-refractivity contribution in [3.8, 4) is 0 Å². The summed E-state index contributed by atoms with van der Waals surface area (Å²) in [5.74, 6) is 0.656. The molecule has 0 saturated carbocycles. The van der Waals surface area contributed by atoms with Crippen molar-refractivity contribution < 1.29 is 4.92 Å². The molecule has 3 aromatic rings. The Kier molecular flexibility index (Phi) is 4.68. The SMILES string of the molecule is CCc1ccc2c(c1)C(c1ccc([N+](=O)[O-])cc1)=NNC(c1ccccc1)=N2. The van der Waals surface area contributed by atoms with Crippen LogP contribution in [0.3, 0.4) is 0 Å². The monoisotopic (exact) mass is 370 g/mol. The van der Waals surface area contributed by atoms with E-state index in [9.17, 15) is 10.1 Å². The Hall–Kier alpha value is -3.80. The second-order valence-electron chi connectivity index (χ2n) is 6.41. The van der Waals surface area contributed by atoms with E-state index in [2.05, 4.69) is 29.6 Å². The first-order valence-corrected chi connectivity index (χ1v) is 9.01. The number of benzene rings is 3. The van der Waals surface area contributed by atoms with Crippen molar-refractivity contribution in [3.05, 3.63) is 105 Å². The van der Waals surface area contributed by atoms with E-state index >= 15 is 0 Å². The van der Waals surface area contributed by atoms with Gasteiger partial charge in [-0.15, -0.1) is 0 Å². The van der Waals surface area contributed by atoms with Gasteiger partial charge >= 0.3 is 0 Å². The molecule has 6 heteroatoms. The van der Waals surface area contributed by atoms with Gasteiger partial charge in [0.05, 0.1) is 16.3 Å². The minimum Gasteiger partial charge on any atom is -0.260 e. The molecule has 3 aromatic carbocycles. The fraction of sp³-hybridized carbons (Fsp3) is 0.0909. The lowest BCUT2D eigenvalue weighted by Crippen LogP contribution is -2.19. The number of hydrogen-bond donors (Lipinski definition) is 1. The number of nitro benzene ring substituents is 1. The first-order chi connectivity index (χ1) is 13.7. The highest BCUT2D eigenvalue weighted by Crippen LogP contribution is 2.28. The van der Waals surface area contributed by atoms with Gasteiger partial charge in [0.25, 0.3) is 5.69 Å². The molecule has 1 N–H and O–H groups in total. The maximum atomic E-state index is 11.0. The summed E-state index contributed by atoms with van der Waals surface area (Å²) < 4.78 is 0. The van der Waals surface area contributed by atoms with Gasteiger partial charge < -0.3 is 0 Å². The molecule has 0 amide bonds. The van der Waals surface area contributed by atoms with E-state index in [1.807, 2.05) is 36.4 Å².